The summed E-state index contributed by atoms with van der Waals surface area (Å²) in [6, 6.07) is 17.7. The minimum Gasteiger partial charge on any atom is -0.488 e. The Labute approximate surface area is 150 Å². The van der Waals surface area contributed by atoms with Crippen molar-refractivity contribution in [2.75, 3.05) is 12.4 Å². The maximum absolute atomic E-state index is 12.5. The molecule has 1 amide bonds. The van der Waals surface area contributed by atoms with Gasteiger partial charge in [0, 0.05) is 11.3 Å². The van der Waals surface area contributed by atoms with Gasteiger partial charge in [-0.15, -0.1) is 0 Å². The van der Waals surface area contributed by atoms with Crippen LogP contribution < -0.4 is 10.1 Å². The summed E-state index contributed by atoms with van der Waals surface area (Å²) in [6.07, 6.45) is 1.39. The number of rotatable bonds is 6. The first-order valence-electron chi connectivity index (χ1n) is 7.92. The first-order chi connectivity index (χ1) is 12.7. The quantitative estimate of drug-likeness (QED) is 0.682. The van der Waals surface area contributed by atoms with Gasteiger partial charge in [0.1, 0.15) is 12.4 Å². The van der Waals surface area contributed by atoms with E-state index >= 15 is 0 Å². The van der Waals surface area contributed by atoms with Crippen molar-refractivity contribution in [1.82, 2.24) is 0 Å². The van der Waals surface area contributed by atoms with Crippen molar-refractivity contribution in [3.05, 3.63) is 83.8 Å². The summed E-state index contributed by atoms with van der Waals surface area (Å²) in [6.45, 7) is 0.0660. The molecule has 1 N–H and O–H groups in total. The fourth-order valence-corrected chi connectivity index (χ4v) is 2.38. The van der Waals surface area contributed by atoms with Gasteiger partial charge in [-0.2, -0.15) is 0 Å². The number of esters is 1. The number of nitrogens with one attached hydrogen (secondary N) is 1. The lowest BCUT2D eigenvalue weighted by atomic mass is 10.1. The second-order valence-corrected chi connectivity index (χ2v) is 5.37. The highest BCUT2D eigenvalue weighted by atomic mass is 16.5. The summed E-state index contributed by atoms with van der Waals surface area (Å²) in [7, 11) is 1.28. The number of amides is 1. The molecule has 132 valence electrons. The van der Waals surface area contributed by atoms with Gasteiger partial charge in [0.05, 0.1) is 18.9 Å². The number of para-hydroxylation sites is 2. The predicted octanol–water partition coefficient (Wildman–Crippen LogP) is 3.90. The van der Waals surface area contributed by atoms with Crippen LogP contribution in [0.1, 0.15) is 26.5 Å². The van der Waals surface area contributed by atoms with E-state index in [1.807, 2.05) is 18.2 Å². The molecule has 6 heteroatoms. The summed E-state index contributed by atoms with van der Waals surface area (Å²) in [5.74, 6) is -0.382. The van der Waals surface area contributed by atoms with Crippen LogP contribution in [0, 0.1) is 0 Å². The molecule has 1 aromatic heterocycles. The summed E-state index contributed by atoms with van der Waals surface area (Å²) in [4.78, 5) is 24.2. The van der Waals surface area contributed by atoms with Crippen LogP contribution in [-0.4, -0.2) is 19.0 Å². The Bertz CT molecular complexity index is 901. The molecule has 6 nitrogen and oxygen atoms in total. The van der Waals surface area contributed by atoms with Gasteiger partial charge >= 0.3 is 5.97 Å². The van der Waals surface area contributed by atoms with E-state index in [0.29, 0.717) is 22.6 Å². The van der Waals surface area contributed by atoms with Crippen LogP contribution in [0.25, 0.3) is 0 Å². The molecule has 0 aliphatic rings. The highest BCUT2D eigenvalue weighted by Gasteiger charge is 2.18. The van der Waals surface area contributed by atoms with Gasteiger partial charge in [0.2, 0.25) is 5.76 Å². The Kier molecular flexibility index (Phi) is 5.34. The number of benzene rings is 2. The molecule has 0 spiro atoms. The Morgan fingerprint density at radius 1 is 1.00 bits per heavy atom. The van der Waals surface area contributed by atoms with Crippen molar-refractivity contribution in [2.24, 2.45) is 0 Å². The molecule has 0 aliphatic carbocycles. The molecule has 26 heavy (non-hydrogen) atoms. The second kappa shape index (κ2) is 8.02. The van der Waals surface area contributed by atoms with E-state index in [9.17, 15) is 9.59 Å². The lowest BCUT2D eigenvalue weighted by Gasteiger charge is -2.11. The van der Waals surface area contributed by atoms with Crippen LogP contribution in [-0.2, 0) is 11.3 Å². The van der Waals surface area contributed by atoms with Gasteiger partial charge in [-0.25, -0.2) is 4.79 Å². The zero-order valence-electron chi connectivity index (χ0n) is 14.1. The van der Waals surface area contributed by atoms with Gasteiger partial charge in [-0.05, 0) is 30.3 Å². The smallest absolute Gasteiger partial charge is 0.374 e. The summed E-state index contributed by atoms with van der Waals surface area (Å²) >= 11 is 0. The predicted molar refractivity (Wildman–Crippen MR) is 95.2 cm³/mol. The fraction of sp³-hybridized carbons (Fsp3) is 0.100. The van der Waals surface area contributed by atoms with Crippen LogP contribution >= 0.6 is 0 Å². The minimum absolute atomic E-state index is 0.0660. The lowest BCUT2D eigenvalue weighted by Crippen LogP contribution is -2.14. The van der Waals surface area contributed by atoms with Crippen LogP contribution in [0.5, 0.6) is 5.75 Å². The normalized spacial score (nSPS) is 10.2. The van der Waals surface area contributed by atoms with E-state index in [4.69, 9.17) is 9.15 Å². The summed E-state index contributed by atoms with van der Waals surface area (Å²) in [5, 5.41) is 2.82. The highest BCUT2D eigenvalue weighted by molar-refractivity contribution is 6.06. The number of anilines is 1. The van der Waals surface area contributed by atoms with E-state index in [1.54, 1.807) is 42.5 Å². The third-order valence-electron chi connectivity index (χ3n) is 3.66. The standard InChI is InChI=1S/C20H17NO5/c1-24-20(23)18-14(11-12-25-18)13-26-17-10-6-5-9-16(17)19(22)21-15-7-3-2-4-8-15/h2-12H,13H2,1H3,(H,21,22). The van der Waals surface area contributed by atoms with E-state index in [0.717, 1.165) is 0 Å². The Morgan fingerprint density at radius 2 is 1.73 bits per heavy atom. The van der Waals surface area contributed by atoms with Gasteiger partial charge in [-0.3, -0.25) is 4.79 Å². The van der Waals surface area contributed by atoms with Crippen LogP contribution in [0.2, 0.25) is 0 Å². The second-order valence-electron chi connectivity index (χ2n) is 5.37. The third-order valence-corrected chi connectivity index (χ3v) is 3.66. The van der Waals surface area contributed by atoms with Gasteiger partial charge in [0.15, 0.2) is 0 Å². The molecule has 2 aromatic carbocycles. The molecule has 0 atom stereocenters. The molecule has 3 aromatic rings. The van der Waals surface area contributed by atoms with E-state index < -0.39 is 5.97 Å². The largest absolute Gasteiger partial charge is 0.488 e. The van der Waals surface area contributed by atoms with Crippen molar-refractivity contribution < 1.29 is 23.5 Å². The minimum atomic E-state index is -0.580. The number of hydrogen-bond donors (Lipinski definition) is 1. The summed E-state index contributed by atoms with van der Waals surface area (Å²) in [5.41, 5.74) is 1.62. The molecular formula is C20H17NO5. The Morgan fingerprint density at radius 3 is 2.50 bits per heavy atom. The highest BCUT2D eigenvalue weighted by Crippen LogP contribution is 2.22. The van der Waals surface area contributed by atoms with Crippen molar-refractivity contribution in [2.45, 2.75) is 6.61 Å². The maximum atomic E-state index is 12.5. The van der Waals surface area contributed by atoms with E-state index in [-0.39, 0.29) is 18.3 Å². The van der Waals surface area contributed by atoms with Crippen molar-refractivity contribution in [3.63, 3.8) is 0 Å². The third kappa shape index (κ3) is 3.92. The first-order valence-corrected chi connectivity index (χ1v) is 7.92. The average Bonchev–Trinajstić information content (AvgIpc) is 3.15. The van der Waals surface area contributed by atoms with Gasteiger partial charge < -0.3 is 19.2 Å². The molecule has 0 saturated heterocycles. The molecular weight excluding hydrogens is 334 g/mol. The van der Waals surface area contributed by atoms with Crippen LogP contribution in [0.3, 0.4) is 0 Å². The monoisotopic (exact) mass is 351 g/mol. The molecule has 0 radical (unpaired) electrons. The van der Waals surface area contributed by atoms with Gasteiger partial charge in [0.25, 0.3) is 5.91 Å². The molecule has 1 heterocycles. The average molecular weight is 351 g/mol. The molecule has 0 saturated carbocycles. The maximum Gasteiger partial charge on any atom is 0.374 e. The molecule has 0 bridgehead atoms. The van der Waals surface area contributed by atoms with E-state index in [1.165, 1.54) is 13.4 Å². The van der Waals surface area contributed by atoms with Crippen molar-refractivity contribution >= 4 is 17.6 Å². The number of furan rings is 1. The lowest BCUT2D eigenvalue weighted by molar-refractivity contribution is 0.0561. The Balaban J connectivity index is 1.75. The molecule has 3 rings (SSSR count). The zero-order valence-corrected chi connectivity index (χ0v) is 14.1. The number of carbonyl (C=O) groups is 2. The van der Waals surface area contributed by atoms with Gasteiger partial charge in [-0.1, -0.05) is 30.3 Å². The summed E-state index contributed by atoms with van der Waals surface area (Å²) < 4.78 is 15.5. The number of carbonyl (C=O) groups excluding carboxylic acids is 2. The van der Waals surface area contributed by atoms with Crippen LogP contribution in [0.15, 0.2) is 71.3 Å². The SMILES string of the molecule is COC(=O)c1occc1COc1ccccc1C(=O)Nc1ccccc1. The topological polar surface area (TPSA) is 77.8 Å². The fourth-order valence-electron chi connectivity index (χ4n) is 2.38. The van der Waals surface area contributed by atoms with Crippen molar-refractivity contribution in [1.29, 1.82) is 0 Å². The molecule has 0 fully saturated rings. The number of ether oxygens (including phenoxy) is 2. The molecule has 0 unspecified atom stereocenters. The van der Waals surface area contributed by atoms with Crippen molar-refractivity contribution in [3.8, 4) is 5.75 Å². The van der Waals surface area contributed by atoms with E-state index in [2.05, 4.69) is 10.1 Å². The number of hydrogen-bond acceptors (Lipinski definition) is 5. The first kappa shape index (κ1) is 17.3. The number of methoxy groups -OCH3 is 1. The Hall–Kier alpha value is -3.54. The van der Waals surface area contributed by atoms with Crippen LogP contribution in [0.4, 0.5) is 5.69 Å². The molecule has 0 aliphatic heterocycles. The zero-order chi connectivity index (χ0) is 18.4.